The second-order valence-corrected chi connectivity index (χ2v) is 4.32. The Labute approximate surface area is 93.4 Å². The van der Waals surface area contributed by atoms with Crippen molar-refractivity contribution in [1.82, 2.24) is 0 Å². The molecule has 2 rings (SSSR count). The molecule has 0 aliphatic heterocycles. The summed E-state index contributed by atoms with van der Waals surface area (Å²) in [5, 5.41) is 8.78. The highest BCUT2D eigenvalue weighted by molar-refractivity contribution is 5.91. The van der Waals surface area contributed by atoms with E-state index in [1.165, 1.54) is 18.2 Å². The molecule has 1 aromatic carbocycles. The van der Waals surface area contributed by atoms with E-state index in [2.05, 4.69) is 6.92 Å². The molecule has 3 heteroatoms. The van der Waals surface area contributed by atoms with Gasteiger partial charge in [0.15, 0.2) is 0 Å². The molecule has 0 amide bonds. The van der Waals surface area contributed by atoms with E-state index in [0.717, 1.165) is 23.1 Å². The molecule has 1 atom stereocenters. The zero-order chi connectivity index (χ0) is 11.7. The Morgan fingerprint density at radius 2 is 2.25 bits per heavy atom. The normalized spacial score (nSPS) is 21.9. The molecule has 1 aliphatic carbocycles. The number of halogens is 1. The third-order valence-corrected chi connectivity index (χ3v) is 2.85. The van der Waals surface area contributed by atoms with Crippen LogP contribution in [0.4, 0.5) is 4.39 Å². The second kappa shape index (κ2) is 4.08. The second-order valence-electron chi connectivity index (χ2n) is 4.32. The number of carboxylic acid groups (broad SMARTS) is 1. The fraction of sp³-hybridized carbons (Fsp3) is 0.308. The number of aliphatic carboxylic acids is 1. The van der Waals surface area contributed by atoms with E-state index in [9.17, 15) is 9.18 Å². The van der Waals surface area contributed by atoms with Gasteiger partial charge in [-0.1, -0.05) is 13.0 Å². The fourth-order valence-electron chi connectivity index (χ4n) is 2.24. The summed E-state index contributed by atoms with van der Waals surface area (Å²) in [5.41, 5.74) is 2.51. The van der Waals surface area contributed by atoms with Crippen molar-refractivity contribution < 1.29 is 14.3 Å². The van der Waals surface area contributed by atoms with Gasteiger partial charge in [0.2, 0.25) is 0 Å². The molecule has 0 aromatic heterocycles. The number of benzene rings is 1. The van der Waals surface area contributed by atoms with Gasteiger partial charge in [0.25, 0.3) is 0 Å². The average molecular weight is 220 g/mol. The molecule has 0 heterocycles. The van der Waals surface area contributed by atoms with Crippen LogP contribution in [0.15, 0.2) is 24.3 Å². The maximum absolute atomic E-state index is 13.1. The molecule has 0 saturated carbocycles. The first-order valence-electron chi connectivity index (χ1n) is 5.28. The average Bonchev–Trinajstić information content (AvgIpc) is 2.18. The Balaban J connectivity index is 2.51. The molecule has 16 heavy (non-hydrogen) atoms. The summed E-state index contributed by atoms with van der Waals surface area (Å²) in [4.78, 5) is 10.7. The molecule has 0 saturated heterocycles. The molecule has 0 spiro atoms. The highest BCUT2D eigenvalue weighted by Crippen LogP contribution is 2.34. The summed E-state index contributed by atoms with van der Waals surface area (Å²) in [7, 11) is 0. The minimum atomic E-state index is -0.973. The van der Waals surface area contributed by atoms with Crippen LogP contribution in [0.1, 0.15) is 24.5 Å². The van der Waals surface area contributed by atoms with Gasteiger partial charge in [-0.2, -0.15) is 0 Å². The fourth-order valence-corrected chi connectivity index (χ4v) is 2.24. The highest BCUT2D eigenvalue weighted by Gasteiger charge is 2.20. The van der Waals surface area contributed by atoms with Crippen molar-refractivity contribution in [3.63, 3.8) is 0 Å². The van der Waals surface area contributed by atoms with Gasteiger partial charge in [-0.15, -0.1) is 0 Å². The van der Waals surface area contributed by atoms with Gasteiger partial charge in [0.1, 0.15) is 5.82 Å². The standard InChI is InChI=1S/C13H13FO2/c1-8-4-9-2-3-11(14)7-12(9)10(5-8)6-13(15)16/h2-3,6-8H,4-5H2,1H3,(H,15,16)/b10-6+. The van der Waals surface area contributed by atoms with Crippen LogP contribution < -0.4 is 0 Å². The zero-order valence-electron chi connectivity index (χ0n) is 9.03. The number of fused-ring (bicyclic) bond motifs is 1. The van der Waals surface area contributed by atoms with Gasteiger partial charge in [0, 0.05) is 6.08 Å². The molecule has 0 radical (unpaired) electrons. The van der Waals surface area contributed by atoms with Crippen LogP contribution in [0.25, 0.3) is 5.57 Å². The number of rotatable bonds is 1. The molecule has 0 bridgehead atoms. The largest absolute Gasteiger partial charge is 0.478 e. The van der Waals surface area contributed by atoms with Crippen molar-refractivity contribution >= 4 is 11.5 Å². The Kier molecular flexibility index (Phi) is 2.77. The van der Waals surface area contributed by atoms with Gasteiger partial charge in [0.05, 0.1) is 0 Å². The van der Waals surface area contributed by atoms with Gasteiger partial charge in [-0.05, 0) is 47.6 Å². The molecule has 0 fully saturated rings. The summed E-state index contributed by atoms with van der Waals surface area (Å²) in [6, 6.07) is 4.60. The lowest BCUT2D eigenvalue weighted by Crippen LogP contribution is -2.11. The lowest BCUT2D eigenvalue weighted by atomic mass is 9.81. The van der Waals surface area contributed by atoms with E-state index in [1.807, 2.05) is 0 Å². The molecular formula is C13H13FO2. The van der Waals surface area contributed by atoms with Crippen molar-refractivity contribution in [3.05, 3.63) is 41.2 Å². The summed E-state index contributed by atoms with van der Waals surface area (Å²) >= 11 is 0. The van der Waals surface area contributed by atoms with E-state index in [0.29, 0.717) is 12.3 Å². The van der Waals surface area contributed by atoms with E-state index in [1.54, 1.807) is 6.07 Å². The quantitative estimate of drug-likeness (QED) is 0.739. The summed E-state index contributed by atoms with van der Waals surface area (Å²) < 4.78 is 13.1. The Hall–Kier alpha value is -1.64. The third-order valence-electron chi connectivity index (χ3n) is 2.85. The zero-order valence-corrected chi connectivity index (χ0v) is 9.03. The lowest BCUT2D eigenvalue weighted by Gasteiger charge is -2.24. The molecular weight excluding hydrogens is 207 g/mol. The first-order chi connectivity index (χ1) is 7.56. The maximum atomic E-state index is 13.1. The molecule has 1 unspecified atom stereocenters. The van der Waals surface area contributed by atoms with E-state index in [4.69, 9.17) is 5.11 Å². The van der Waals surface area contributed by atoms with Crippen LogP contribution in [0.2, 0.25) is 0 Å². The Morgan fingerprint density at radius 3 is 2.94 bits per heavy atom. The minimum absolute atomic E-state index is 0.315. The monoisotopic (exact) mass is 220 g/mol. The van der Waals surface area contributed by atoms with Crippen LogP contribution in [-0.2, 0) is 11.2 Å². The number of allylic oxidation sites excluding steroid dienone is 1. The first-order valence-corrected chi connectivity index (χ1v) is 5.28. The van der Waals surface area contributed by atoms with Gasteiger partial charge >= 0.3 is 5.97 Å². The van der Waals surface area contributed by atoms with Crippen molar-refractivity contribution in [1.29, 1.82) is 0 Å². The lowest BCUT2D eigenvalue weighted by molar-refractivity contribution is -0.131. The van der Waals surface area contributed by atoms with Crippen LogP contribution in [0.5, 0.6) is 0 Å². The van der Waals surface area contributed by atoms with Crippen LogP contribution in [0, 0.1) is 11.7 Å². The summed E-state index contributed by atoms with van der Waals surface area (Å²) in [6.45, 7) is 2.07. The Bertz CT molecular complexity index is 463. The SMILES string of the molecule is CC1C/C(=C\C(=O)O)c2cc(F)ccc2C1. The number of carbonyl (C=O) groups is 1. The Morgan fingerprint density at radius 1 is 1.50 bits per heavy atom. The van der Waals surface area contributed by atoms with E-state index < -0.39 is 5.97 Å². The van der Waals surface area contributed by atoms with Crippen LogP contribution in [-0.4, -0.2) is 11.1 Å². The highest BCUT2D eigenvalue weighted by atomic mass is 19.1. The molecule has 84 valence electrons. The van der Waals surface area contributed by atoms with E-state index in [-0.39, 0.29) is 5.82 Å². The number of carboxylic acids is 1. The summed E-state index contributed by atoms with van der Waals surface area (Å²) in [6.07, 6.45) is 2.77. The molecule has 1 aliphatic rings. The molecule has 2 nitrogen and oxygen atoms in total. The smallest absolute Gasteiger partial charge is 0.328 e. The van der Waals surface area contributed by atoms with Gasteiger partial charge in [-0.3, -0.25) is 0 Å². The van der Waals surface area contributed by atoms with E-state index >= 15 is 0 Å². The number of hydrogen-bond acceptors (Lipinski definition) is 1. The summed E-state index contributed by atoms with van der Waals surface area (Å²) in [5.74, 6) is -0.882. The predicted molar refractivity (Wildman–Crippen MR) is 59.5 cm³/mol. The van der Waals surface area contributed by atoms with Crippen LogP contribution >= 0.6 is 0 Å². The first kappa shape index (κ1) is 10.9. The van der Waals surface area contributed by atoms with Crippen LogP contribution in [0.3, 0.4) is 0 Å². The van der Waals surface area contributed by atoms with Gasteiger partial charge < -0.3 is 5.11 Å². The van der Waals surface area contributed by atoms with Gasteiger partial charge in [-0.25, -0.2) is 9.18 Å². The van der Waals surface area contributed by atoms with Crippen molar-refractivity contribution in [2.24, 2.45) is 5.92 Å². The molecule has 1 aromatic rings. The molecule has 1 N–H and O–H groups in total. The topological polar surface area (TPSA) is 37.3 Å². The number of hydrogen-bond donors (Lipinski definition) is 1. The minimum Gasteiger partial charge on any atom is -0.478 e. The maximum Gasteiger partial charge on any atom is 0.328 e. The predicted octanol–water partition coefficient (Wildman–Crippen LogP) is 2.88. The van der Waals surface area contributed by atoms with Crippen molar-refractivity contribution in [3.8, 4) is 0 Å². The van der Waals surface area contributed by atoms with Crippen molar-refractivity contribution in [2.45, 2.75) is 19.8 Å². The third kappa shape index (κ3) is 2.13. The van der Waals surface area contributed by atoms with Crippen molar-refractivity contribution in [2.75, 3.05) is 0 Å².